The van der Waals surface area contributed by atoms with Crippen molar-refractivity contribution in [2.45, 2.75) is 136 Å². The van der Waals surface area contributed by atoms with Gasteiger partial charge >= 0.3 is 18.1 Å². The van der Waals surface area contributed by atoms with Crippen molar-refractivity contribution in [1.82, 2.24) is 19.6 Å². The summed E-state index contributed by atoms with van der Waals surface area (Å²) in [5.41, 5.74) is 4.23. The number of amides is 4. The van der Waals surface area contributed by atoms with Crippen LogP contribution in [0.2, 0.25) is 0 Å². The van der Waals surface area contributed by atoms with Gasteiger partial charge in [0, 0.05) is 63.3 Å². The molecule has 58 heavy (non-hydrogen) atoms. The van der Waals surface area contributed by atoms with Crippen LogP contribution >= 0.6 is 0 Å². The second kappa shape index (κ2) is 21.6. The number of hydrogen-bond donors (Lipinski definition) is 2. The third-order valence-corrected chi connectivity index (χ3v) is 12.8. The number of aryl methyl sites for hydroxylation is 2. The molecule has 2 aromatic rings. The maximum Gasteiger partial charge on any atom is 0.410 e. The van der Waals surface area contributed by atoms with Crippen LogP contribution in [-0.4, -0.2) is 119 Å². The smallest absolute Gasteiger partial charge is 0.410 e. The number of anilines is 1. The Balaban J connectivity index is 0.00000641. The number of phenolic OH excluding ortho intramolecular Hbond substituents is 1. The van der Waals surface area contributed by atoms with Gasteiger partial charge in [-0.15, -0.1) is 0 Å². The van der Waals surface area contributed by atoms with Gasteiger partial charge in [0.1, 0.15) is 5.75 Å². The molecule has 4 aliphatic heterocycles. The molecule has 0 bridgehead atoms. The molecular formula is C46H69N5O7. The van der Waals surface area contributed by atoms with Crippen molar-refractivity contribution in [2.24, 2.45) is 5.92 Å². The van der Waals surface area contributed by atoms with Crippen molar-refractivity contribution in [3.63, 3.8) is 0 Å². The van der Waals surface area contributed by atoms with Gasteiger partial charge in [0.05, 0.1) is 6.61 Å². The minimum Gasteiger partial charge on any atom is -0.507 e. The number of hydrogen-bond acceptors (Lipinski definition) is 8. The first-order valence-electron chi connectivity index (χ1n) is 21.7. The van der Waals surface area contributed by atoms with Gasteiger partial charge in [-0.2, -0.15) is 0 Å². The fourth-order valence-electron chi connectivity index (χ4n) is 9.22. The number of fused-ring (bicyclic) bond motifs is 1. The van der Waals surface area contributed by atoms with Crippen molar-refractivity contribution < 1.29 is 33.8 Å². The van der Waals surface area contributed by atoms with E-state index in [4.69, 9.17) is 9.47 Å². The lowest BCUT2D eigenvalue weighted by atomic mass is 9.90. The number of carbonyl (C=O) groups excluding carboxylic acids is 4. The van der Waals surface area contributed by atoms with Gasteiger partial charge in [-0.25, -0.2) is 9.59 Å². The monoisotopic (exact) mass is 804 g/mol. The van der Waals surface area contributed by atoms with Crippen LogP contribution in [0.3, 0.4) is 0 Å². The molecule has 0 saturated carbocycles. The second-order valence-corrected chi connectivity index (χ2v) is 16.8. The van der Waals surface area contributed by atoms with Gasteiger partial charge in [-0.1, -0.05) is 63.9 Å². The van der Waals surface area contributed by atoms with E-state index in [1.54, 1.807) is 4.90 Å². The molecule has 0 radical (unpaired) electrons. The van der Waals surface area contributed by atoms with E-state index < -0.39 is 12.2 Å². The average Bonchev–Trinajstić information content (AvgIpc) is 3.39. The average molecular weight is 804 g/mol. The Bertz CT molecular complexity index is 1650. The number of urea groups is 1. The molecule has 12 nitrogen and oxygen atoms in total. The van der Waals surface area contributed by atoms with Crippen LogP contribution in [0.25, 0.3) is 0 Å². The molecule has 4 amide bonds. The molecule has 0 unspecified atom stereocenters. The summed E-state index contributed by atoms with van der Waals surface area (Å²) in [4.78, 5) is 61.3. The highest BCUT2D eigenvalue weighted by atomic mass is 16.6. The fraction of sp³-hybridized carbons (Fsp3) is 0.652. The molecule has 0 aromatic heterocycles. The molecule has 2 N–H and O–H groups in total. The Morgan fingerprint density at radius 3 is 2.19 bits per heavy atom. The van der Waals surface area contributed by atoms with Gasteiger partial charge in [0.25, 0.3) is 5.91 Å². The highest BCUT2D eigenvalue weighted by Crippen LogP contribution is 2.29. The third-order valence-electron chi connectivity index (χ3n) is 12.8. The second-order valence-electron chi connectivity index (χ2n) is 16.8. The van der Waals surface area contributed by atoms with Gasteiger partial charge < -0.3 is 39.5 Å². The predicted molar refractivity (Wildman–Crippen MR) is 227 cm³/mol. The quantitative estimate of drug-likeness (QED) is 0.146. The molecule has 4 heterocycles. The number of aromatic hydroxyl groups is 1. The van der Waals surface area contributed by atoms with E-state index >= 15 is 0 Å². The number of rotatable bonds is 14. The molecule has 6 rings (SSSR count). The van der Waals surface area contributed by atoms with Crippen LogP contribution in [0, 0.1) is 19.8 Å². The minimum atomic E-state index is -0.996. The normalized spacial score (nSPS) is 19.1. The number of carbonyl (C=O) groups is 4. The number of phenols is 1. The summed E-state index contributed by atoms with van der Waals surface area (Å²) in [6, 6.07) is 11.9. The zero-order chi connectivity index (χ0) is 40.3. The predicted octanol–water partition coefficient (Wildman–Crippen LogP) is 7.85. The molecule has 1 atom stereocenters. The van der Waals surface area contributed by atoms with E-state index in [1.165, 1.54) is 12.8 Å². The summed E-state index contributed by atoms with van der Waals surface area (Å²) in [7, 11) is 0. The Kier molecular flexibility index (Phi) is 16.7. The number of nitrogens with one attached hydrogen (secondary N) is 1. The number of nitrogens with zero attached hydrogens (tertiary/aromatic N) is 4. The molecule has 4 aliphatic rings. The zero-order valence-corrected chi connectivity index (χ0v) is 34.5. The minimum absolute atomic E-state index is 0. The van der Waals surface area contributed by atoms with Gasteiger partial charge in [0.2, 0.25) is 0 Å². The highest BCUT2D eigenvalue weighted by Gasteiger charge is 2.37. The summed E-state index contributed by atoms with van der Waals surface area (Å²) in [5, 5.41) is 13.5. The zero-order valence-electron chi connectivity index (χ0n) is 34.5. The van der Waals surface area contributed by atoms with E-state index in [-0.39, 0.29) is 43.5 Å². The number of unbranched alkanes of at least 4 members (excludes halogenated alkanes) is 3. The van der Waals surface area contributed by atoms with Crippen molar-refractivity contribution in [1.29, 1.82) is 0 Å². The first-order chi connectivity index (χ1) is 27.6. The summed E-state index contributed by atoms with van der Waals surface area (Å²) < 4.78 is 11.6. The first kappa shape index (κ1) is 44.8. The highest BCUT2D eigenvalue weighted by molar-refractivity contribution is 5.91. The Morgan fingerprint density at radius 1 is 0.845 bits per heavy atom. The van der Waals surface area contributed by atoms with Crippen LogP contribution in [0.15, 0.2) is 36.4 Å². The fourth-order valence-corrected chi connectivity index (χ4v) is 9.22. The largest absolute Gasteiger partial charge is 0.507 e. The Hall–Kier alpha value is -4.32. The Morgan fingerprint density at radius 2 is 1.50 bits per heavy atom. The van der Waals surface area contributed by atoms with Crippen LogP contribution in [0.1, 0.15) is 114 Å². The third kappa shape index (κ3) is 11.9. The van der Waals surface area contributed by atoms with Crippen molar-refractivity contribution in [3.8, 4) is 5.75 Å². The van der Waals surface area contributed by atoms with Crippen LogP contribution < -0.4 is 5.32 Å². The van der Waals surface area contributed by atoms with E-state index in [9.17, 15) is 24.3 Å². The molecule has 320 valence electrons. The van der Waals surface area contributed by atoms with Crippen molar-refractivity contribution in [3.05, 3.63) is 58.7 Å². The molecular weight excluding hydrogens is 735 g/mol. The van der Waals surface area contributed by atoms with Gasteiger partial charge in [-0.3, -0.25) is 9.59 Å². The lowest BCUT2D eigenvalue weighted by Crippen LogP contribution is -2.53. The van der Waals surface area contributed by atoms with Crippen LogP contribution in [0.4, 0.5) is 15.3 Å². The van der Waals surface area contributed by atoms with Gasteiger partial charge in [0.15, 0.2) is 6.10 Å². The lowest BCUT2D eigenvalue weighted by Gasteiger charge is -2.42. The summed E-state index contributed by atoms with van der Waals surface area (Å²) in [6.07, 6.45) is 10.4. The molecule has 12 heteroatoms. The number of piperidine rings is 3. The number of ether oxygens (including phenoxy) is 2. The molecule has 0 spiro atoms. The maximum atomic E-state index is 14.2. The summed E-state index contributed by atoms with van der Waals surface area (Å²) in [5.74, 6) is 0.512. The first-order valence-corrected chi connectivity index (χ1v) is 21.7. The van der Waals surface area contributed by atoms with E-state index in [1.807, 2.05) is 60.0 Å². The summed E-state index contributed by atoms with van der Waals surface area (Å²) >= 11 is 0. The number of esters is 1. The number of likely N-dealkylation sites (tertiary alicyclic amines) is 3. The number of para-hydroxylation sites is 1. The van der Waals surface area contributed by atoms with Gasteiger partial charge in [-0.05, 0) is 119 Å². The standard InChI is InChI=1S/C45H65N5O7.CH4/c1-4-5-6-9-28-56-41(51)13-12-34-14-21-47(22-15-34)37-17-23-48(24-18-37)43(53)40(31-35-29-32(2)42(52)33(3)30-35)57-45(55)49-25-19-38(20-26-49)50-27-16-36-10-7-8-11-39(36)46-44(50)54;/h7-8,10-11,29-30,34,37-38,40,52H,4-6,9,12-28,31H2,1-3H3,(H,46,54);1H4/t40-;/m1./s1. The van der Waals surface area contributed by atoms with Crippen molar-refractivity contribution >= 4 is 29.7 Å². The molecule has 0 aliphatic carbocycles. The maximum absolute atomic E-state index is 14.2. The van der Waals surface area contributed by atoms with Crippen LogP contribution in [-0.2, 0) is 31.9 Å². The van der Waals surface area contributed by atoms with Crippen molar-refractivity contribution in [2.75, 3.05) is 57.7 Å². The SMILES string of the molecule is C.CCCCCCOC(=O)CCC1CCN(C2CCN(C(=O)[C@@H](Cc3cc(C)c(O)c(C)c3)OC(=O)N3CCC(N4CCc5ccccc5NC4=O)CC3)CC2)CC1. The van der Waals surface area contributed by atoms with E-state index in [2.05, 4.69) is 17.1 Å². The van der Waals surface area contributed by atoms with E-state index in [0.29, 0.717) is 81.7 Å². The summed E-state index contributed by atoms with van der Waals surface area (Å²) in [6.45, 7) is 11.1. The van der Waals surface area contributed by atoms with Crippen LogP contribution in [0.5, 0.6) is 5.75 Å². The molecule has 3 fully saturated rings. The molecule has 2 aromatic carbocycles. The number of benzene rings is 2. The topological polar surface area (TPSA) is 132 Å². The lowest BCUT2D eigenvalue weighted by molar-refractivity contribution is -0.144. The Labute approximate surface area is 346 Å². The molecule has 3 saturated heterocycles. The van der Waals surface area contributed by atoms with E-state index in [0.717, 1.165) is 81.3 Å².